The molecule has 5 nitrogen and oxygen atoms in total. The zero-order valence-corrected chi connectivity index (χ0v) is 13.0. The van der Waals surface area contributed by atoms with Crippen LogP contribution in [0.1, 0.15) is 26.7 Å². The lowest BCUT2D eigenvalue weighted by atomic mass is 10.2. The number of halogens is 1. The fourth-order valence-corrected chi connectivity index (χ4v) is 3.51. The summed E-state index contributed by atoms with van der Waals surface area (Å²) in [6.07, 6.45) is 0.632. The van der Waals surface area contributed by atoms with Crippen molar-refractivity contribution in [3.63, 3.8) is 0 Å². The molecule has 0 bridgehead atoms. The number of sulfone groups is 1. The molecular weight excluding hydrogens is 295 g/mol. The zero-order valence-electron chi connectivity index (χ0n) is 12.2. The van der Waals surface area contributed by atoms with Gasteiger partial charge in [-0.15, -0.1) is 0 Å². The van der Waals surface area contributed by atoms with Crippen LogP contribution in [0.25, 0.3) is 0 Å². The maximum atomic E-state index is 12.9. The maximum Gasteiger partial charge on any atom is 0.225 e. The highest BCUT2D eigenvalue weighted by atomic mass is 32.2. The Morgan fingerprint density at radius 2 is 2.10 bits per heavy atom. The number of hydrogen-bond donors (Lipinski definition) is 2. The van der Waals surface area contributed by atoms with E-state index < -0.39 is 21.6 Å². The molecule has 0 spiro atoms. The van der Waals surface area contributed by atoms with Gasteiger partial charge in [-0.3, -0.25) is 4.79 Å². The fraction of sp³-hybridized carbons (Fsp3) is 0.500. The number of nitrogens with two attached hydrogens (primary N) is 1. The fourth-order valence-electron chi connectivity index (χ4n) is 1.74. The summed E-state index contributed by atoms with van der Waals surface area (Å²) >= 11 is 0. The topological polar surface area (TPSA) is 89.3 Å². The Kier molecular flexibility index (Phi) is 6.14. The minimum Gasteiger partial charge on any atom is -0.397 e. The van der Waals surface area contributed by atoms with E-state index in [4.69, 9.17) is 5.73 Å². The SMILES string of the molecule is CCC(C)CS(=O)(=O)CCC(=O)Nc1ccc(F)cc1N. The van der Waals surface area contributed by atoms with Crippen LogP contribution in [0.3, 0.4) is 0 Å². The Balaban J connectivity index is 2.54. The highest BCUT2D eigenvalue weighted by molar-refractivity contribution is 7.91. The summed E-state index contributed by atoms with van der Waals surface area (Å²) in [5, 5.41) is 2.48. The molecule has 0 saturated heterocycles. The number of amides is 1. The Labute approximate surface area is 124 Å². The smallest absolute Gasteiger partial charge is 0.225 e. The molecule has 0 heterocycles. The molecule has 0 fully saturated rings. The van der Waals surface area contributed by atoms with E-state index in [1.165, 1.54) is 12.1 Å². The predicted molar refractivity (Wildman–Crippen MR) is 82.2 cm³/mol. The minimum absolute atomic E-state index is 0.0748. The van der Waals surface area contributed by atoms with Crippen molar-refractivity contribution >= 4 is 27.1 Å². The molecule has 0 aliphatic heterocycles. The summed E-state index contributed by atoms with van der Waals surface area (Å²) in [6.45, 7) is 3.78. The summed E-state index contributed by atoms with van der Waals surface area (Å²) in [7, 11) is -3.25. The van der Waals surface area contributed by atoms with Crippen LogP contribution in [0.4, 0.5) is 15.8 Å². The van der Waals surface area contributed by atoms with Gasteiger partial charge in [0.1, 0.15) is 5.82 Å². The Morgan fingerprint density at radius 3 is 2.67 bits per heavy atom. The molecule has 0 aromatic heterocycles. The predicted octanol–water partition coefficient (Wildman–Crippen LogP) is 2.20. The van der Waals surface area contributed by atoms with Crippen molar-refractivity contribution < 1.29 is 17.6 Å². The van der Waals surface area contributed by atoms with E-state index in [1.54, 1.807) is 0 Å². The third-order valence-corrected chi connectivity index (χ3v) is 5.07. The van der Waals surface area contributed by atoms with Crippen molar-refractivity contribution in [1.82, 2.24) is 0 Å². The second-order valence-electron chi connectivity index (χ2n) is 5.16. The first-order valence-corrected chi connectivity index (χ1v) is 8.61. The number of nitrogen functional groups attached to an aromatic ring is 1. The van der Waals surface area contributed by atoms with Crippen molar-refractivity contribution in [3.05, 3.63) is 24.0 Å². The first-order valence-electron chi connectivity index (χ1n) is 6.79. The Hall–Kier alpha value is -1.63. The number of hydrogen-bond acceptors (Lipinski definition) is 4. The van der Waals surface area contributed by atoms with Crippen LogP contribution >= 0.6 is 0 Å². The molecule has 1 aromatic rings. The molecule has 0 aliphatic rings. The van der Waals surface area contributed by atoms with E-state index in [9.17, 15) is 17.6 Å². The third kappa shape index (κ3) is 6.12. The van der Waals surface area contributed by atoms with Gasteiger partial charge in [-0.2, -0.15) is 0 Å². The Bertz CT molecular complexity index is 602. The molecule has 1 aromatic carbocycles. The van der Waals surface area contributed by atoms with Crippen LogP contribution in [0, 0.1) is 11.7 Å². The molecule has 1 amide bonds. The van der Waals surface area contributed by atoms with E-state index in [0.29, 0.717) is 0 Å². The highest BCUT2D eigenvalue weighted by Gasteiger charge is 2.17. The summed E-state index contributed by atoms with van der Waals surface area (Å²) < 4.78 is 36.5. The molecule has 21 heavy (non-hydrogen) atoms. The molecule has 7 heteroatoms. The van der Waals surface area contributed by atoms with Crippen LogP contribution in [0.15, 0.2) is 18.2 Å². The molecule has 118 valence electrons. The van der Waals surface area contributed by atoms with Gasteiger partial charge in [-0.25, -0.2) is 12.8 Å². The van der Waals surface area contributed by atoms with Gasteiger partial charge in [-0.05, 0) is 24.1 Å². The van der Waals surface area contributed by atoms with Gasteiger partial charge in [0, 0.05) is 6.42 Å². The van der Waals surface area contributed by atoms with Gasteiger partial charge in [0.2, 0.25) is 5.91 Å². The van der Waals surface area contributed by atoms with Crippen LogP contribution in [-0.4, -0.2) is 25.8 Å². The van der Waals surface area contributed by atoms with E-state index in [2.05, 4.69) is 5.32 Å². The number of nitrogens with one attached hydrogen (secondary N) is 1. The van der Waals surface area contributed by atoms with E-state index >= 15 is 0 Å². The van der Waals surface area contributed by atoms with Gasteiger partial charge in [0.15, 0.2) is 9.84 Å². The molecule has 1 unspecified atom stereocenters. The quantitative estimate of drug-likeness (QED) is 0.755. The van der Waals surface area contributed by atoms with Gasteiger partial charge in [0.05, 0.1) is 22.9 Å². The molecule has 3 N–H and O–H groups in total. The normalized spacial score (nSPS) is 12.9. The monoisotopic (exact) mass is 316 g/mol. The summed E-state index contributed by atoms with van der Waals surface area (Å²) in [5.41, 5.74) is 5.94. The van der Waals surface area contributed by atoms with Gasteiger partial charge in [-0.1, -0.05) is 20.3 Å². The molecule has 0 aliphatic carbocycles. The van der Waals surface area contributed by atoms with Crippen molar-refractivity contribution in [2.24, 2.45) is 5.92 Å². The third-order valence-electron chi connectivity index (χ3n) is 3.16. The lowest BCUT2D eigenvalue weighted by Gasteiger charge is -2.10. The van der Waals surface area contributed by atoms with Crippen molar-refractivity contribution in [1.29, 1.82) is 0 Å². The van der Waals surface area contributed by atoms with Crippen molar-refractivity contribution in [2.45, 2.75) is 26.7 Å². The zero-order chi connectivity index (χ0) is 16.0. The van der Waals surface area contributed by atoms with Crippen LogP contribution in [-0.2, 0) is 14.6 Å². The Morgan fingerprint density at radius 1 is 1.43 bits per heavy atom. The minimum atomic E-state index is -3.25. The molecular formula is C14H21FN2O3S. The lowest BCUT2D eigenvalue weighted by Crippen LogP contribution is -2.21. The highest BCUT2D eigenvalue weighted by Crippen LogP contribution is 2.19. The summed E-state index contributed by atoms with van der Waals surface area (Å²) in [4.78, 5) is 11.7. The van der Waals surface area contributed by atoms with Crippen molar-refractivity contribution in [3.8, 4) is 0 Å². The van der Waals surface area contributed by atoms with Gasteiger partial charge in [0.25, 0.3) is 0 Å². The number of benzene rings is 1. The van der Waals surface area contributed by atoms with Crippen molar-refractivity contribution in [2.75, 3.05) is 22.6 Å². The van der Waals surface area contributed by atoms with Crippen LogP contribution < -0.4 is 11.1 Å². The van der Waals surface area contributed by atoms with Crippen LogP contribution in [0.2, 0.25) is 0 Å². The number of carbonyl (C=O) groups is 1. The maximum absolute atomic E-state index is 12.9. The standard InChI is InChI=1S/C14H21FN2O3S/c1-3-10(2)9-21(19,20)7-6-14(18)17-13-5-4-11(15)8-12(13)16/h4-5,8,10H,3,6-7,9,16H2,1-2H3,(H,17,18). The lowest BCUT2D eigenvalue weighted by molar-refractivity contribution is -0.115. The van der Waals surface area contributed by atoms with E-state index in [-0.39, 0.29) is 35.2 Å². The largest absolute Gasteiger partial charge is 0.397 e. The van der Waals surface area contributed by atoms with Gasteiger partial charge < -0.3 is 11.1 Å². The summed E-state index contributed by atoms with van der Waals surface area (Å²) in [5.74, 6) is -1.01. The second-order valence-corrected chi connectivity index (χ2v) is 7.39. The molecule has 1 rings (SSSR count). The molecule has 0 radical (unpaired) electrons. The second kappa shape index (κ2) is 7.40. The first kappa shape index (κ1) is 17.4. The van der Waals surface area contributed by atoms with E-state index in [1.807, 2.05) is 13.8 Å². The number of carbonyl (C=O) groups excluding carboxylic acids is 1. The first-order chi connectivity index (χ1) is 9.73. The average molecular weight is 316 g/mol. The van der Waals surface area contributed by atoms with Gasteiger partial charge >= 0.3 is 0 Å². The molecule has 0 saturated carbocycles. The molecule has 1 atom stereocenters. The summed E-state index contributed by atoms with van der Waals surface area (Å²) in [6, 6.07) is 3.61. The average Bonchev–Trinajstić information content (AvgIpc) is 2.39. The van der Waals surface area contributed by atoms with E-state index in [0.717, 1.165) is 12.5 Å². The number of anilines is 2. The van der Waals surface area contributed by atoms with Crippen LogP contribution in [0.5, 0.6) is 0 Å². The number of rotatable bonds is 7.